The molecule has 6 nitrogen and oxygen atoms in total. The van der Waals surface area contributed by atoms with Crippen LogP contribution in [0, 0.1) is 22.0 Å². The van der Waals surface area contributed by atoms with Crippen molar-refractivity contribution < 1.29 is 14.5 Å². The molecule has 2 aromatic carbocycles. The zero-order chi connectivity index (χ0) is 18.2. The second-order valence-electron chi connectivity index (χ2n) is 4.67. The van der Waals surface area contributed by atoms with Crippen LogP contribution in [0.2, 0.25) is 10.0 Å². The molecule has 0 saturated carbocycles. The van der Waals surface area contributed by atoms with Crippen LogP contribution < -0.4 is 10.1 Å². The first kappa shape index (κ1) is 18.6. The normalized spacial score (nSPS) is 9.68. The number of nitro groups is 1. The van der Waals surface area contributed by atoms with E-state index < -0.39 is 10.8 Å². The van der Waals surface area contributed by atoms with Crippen LogP contribution >= 0.6 is 23.2 Å². The van der Waals surface area contributed by atoms with Gasteiger partial charge in [0.25, 0.3) is 11.6 Å². The SMILES string of the molecule is O=C(NCC#CCOc1ccccc1Cl)c1cc(Cl)ccc1[N+](=O)[O-]. The molecular weight excluding hydrogens is 367 g/mol. The van der Waals surface area contributed by atoms with Gasteiger partial charge >= 0.3 is 0 Å². The number of benzene rings is 2. The summed E-state index contributed by atoms with van der Waals surface area (Å²) < 4.78 is 5.37. The third-order valence-electron chi connectivity index (χ3n) is 3.00. The Bertz CT molecular complexity index is 859. The van der Waals surface area contributed by atoms with Gasteiger partial charge in [0.1, 0.15) is 17.9 Å². The number of hydrogen-bond acceptors (Lipinski definition) is 4. The van der Waals surface area contributed by atoms with Crippen LogP contribution in [0.25, 0.3) is 0 Å². The van der Waals surface area contributed by atoms with Gasteiger partial charge in [0.2, 0.25) is 0 Å². The van der Waals surface area contributed by atoms with E-state index in [-0.39, 0.29) is 29.4 Å². The number of halogens is 2. The summed E-state index contributed by atoms with van der Waals surface area (Å²) >= 11 is 11.7. The largest absolute Gasteiger partial charge is 0.479 e. The maximum absolute atomic E-state index is 12.0. The summed E-state index contributed by atoms with van der Waals surface area (Å²) in [7, 11) is 0. The molecule has 2 rings (SSSR count). The van der Waals surface area contributed by atoms with Crippen LogP contribution in [0.4, 0.5) is 5.69 Å². The van der Waals surface area contributed by atoms with Gasteiger partial charge < -0.3 is 10.1 Å². The minimum absolute atomic E-state index is 0.00832. The Morgan fingerprint density at radius 1 is 1.20 bits per heavy atom. The number of nitro benzene ring substituents is 1. The number of amides is 1. The van der Waals surface area contributed by atoms with Crippen molar-refractivity contribution in [3.05, 3.63) is 68.2 Å². The first-order valence-electron chi connectivity index (χ1n) is 7.04. The van der Waals surface area contributed by atoms with E-state index in [1.807, 2.05) is 0 Å². The molecule has 0 aliphatic heterocycles. The first-order valence-corrected chi connectivity index (χ1v) is 7.80. The average molecular weight is 379 g/mol. The van der Waals surface area contributed by atoms with Gasteiger partial charge in [0.05, 0.1) is 16.5 Å². The van der Waals surface area contributed by atoms with E-state index in [9.17, 15) is 14.9 Å². The molecule has 0 aromatic heterocycles. The monoisotopic (exact) mass is 378 g/mol. The highest BCUT2D eigenvalue weighted by Crippen LogP contribution is 2.23. The standard InChI is InChI=1S/C17H12Cl2N2O4/c18-12-7-8-15(21(23)24)13(11-12)17(22)20-9-3-4-10-25-16-6-2-1-5-14(16)19/h1-2,5-8,11H,9-10H2,(H,20,22). The van der Waals surface area contributed by atoms with Gasteiger partial charge in [-0.15, -0.1) is 0 Å². The van der Waals surface area contributed by atoms with E-state index in [1.54, 1.807) is 24.3 Å². The number of carbonyl (C=O) groups is 1. The Kier molecular flexibility index (Phi) is 6.63. The quantitative estimate of drug-likeness (QED) is 0.488. The Balaban J connectivity index is 1.89. The van der Waals surface area contributed by atoms with Crippen LogP contribution in [0.1, 0.15) is 10.4 Å². The average Bonchev–Trinajstić information content (AvgIpc) is 2.58. The molecule has 1 amide bonds. The zero-order valence-corrected chi connectivity index (χ0v) is 14.3. The number of carbonyl (C=O) groups excluding carboxylic acids is 1. The molecule has 0 aliphatic rings. The smallest absolute Gasteiger partial charge is 0.282 e. The number of para-hydroxylation sites is 1. The molecule has 0 unspecified atom stereocenters. The van der Waals surface area contributed by atoms with Crippen molar-refractivity contribution in [3.8, 4) is 17.6 Å². The molecule has 128 valence electrons. The zero-order valence-electron chi connectivity index (χ0n) is 12.8. The lowest BCUT2D eigenvalue weighted by Gasteiger charge is -2.04. The van der Waals surface area contributed by atoms with Gasteiger partial charge in [0.15, 0.2) is 0 Å². The van der Waals surface area contributed by atoms with Crippen LogP contribution in [0.3, 0.4) is 0 Å². The summed E-state index contributed by atoms with van der Waals surface area (Å²) in [5.74, 6) is 5.28. The number of ether oxygens (including phenoxy) is 1. The molecule has 0 heterocycles. The lowest BCUT2D eigenvalue weighted by Crippen LogP contribution is -2.24. The molecule has 0 atom stereocenters. The Morgan fingerprint density at radius 2 is 1.96 bits per heavy atom. The van der Waals surface area contributed by atoms with Gasteiger partial charge in [0, 0.05) is 11.1 Å². The lowest BCUT2D eigenvalue weighted by atomic mass is 10.1. The molecule has 0 fully saturated rings. The summed E-state index contributed by atoms with van der Waals surface area (Å²) in [6.45, 7) is 0.102. The topological polar surface area (TPSA) is 81.5 Å². The summed E-state index contributed by atoms with van der Waals surface area (Å²) in [5.41, 5.74) is -0.441. The van der Waals surface area contributed by atoms with Gasteiger partial charge in [-0.1, -0.05) is 47.2 Å². The van der Waals surface area contributed by atoms with Gasteiger partial charge in [-0.25, -0.2) is 0 Å². The van der Waals surface area contributed by atoms with Crippen molar-refractivity contribution in [2.75, 3.05) is 13.2 Å². The van der Waals surface area contributed by atoms with Crippen molar-refractivity contribution >= 4 is 34.8 Å². The highest BCUT2D eigenvalue weighted by atomic mass is 35.5. The van der Waals surface area contributed by atoms with E-state index in [1.165, 1.54) is 18.2 Å². The van der Waals surface area contributed by atoms with E-state index in [0.717, 1.165) is 0 Å². The third kappa shape index (κ3) is 5.38. The second-order valence-corrected chi connectivity index (χ2v) is 5.52. The van der Waals surface area contributed by atoms with Crippen LogP contribution in [0.15, 0.2) is 42.5 Å². The molecule has 1 N–H and O–H groups in total. The number of nitrogens with zero attached hydrogens (tertiary/aromatic N) is 1. The lowest BCUT2D eigenvalue weighted by molar-refractivity contribution is -0.385. The molecule has 25 heavy (non-hydrogen) atoms. The Morgan fingerprint density at radius 3 is 2.68 bits per heavy atom. The Hall–Kier alpha value is -2.75. The minimum atomic E-state index is -0.644. The molecule has 0 aliphatic carbocycles. The highest BCUT2D eigenvalue weighted by molar-refractivity contribution is 6.32. The molecule has 0 bridgehead atoms. The van der Waals surface area contributed by atoms with Crippen molar-refractivity contribution in [2.24, 2.45) is 0 Å². The Labute approximate surface area is 153 Å². The van der Waals surface area contributed by atoms with Crippen molar-refractivity contribution in [2.45, 2.75) is 0 Å². The number of hydrogen-bond donors (Lipinski definition) is 1. The molecule has 8 heteroatoms. The first-order chi connectivity index (χ1) is 12.0. The number of rotatable bonds is 5. The van der Waals surface area contributed by atoms with Gasteiger partial charge in [-0.3, -0.25) is 14.9 Å². The van der Waals surface area contributed by atoms with Gasteiger partial charge in [-0.05, 0) is 24.3 Å². The molecule has 0 radical (unpaired) electrons. The van der Waals surface area contributed by atoms with Gasteiger partial charge in [-0.2, -0.15) is 0 Å². The van der Waals surface area contributed by atoms with E-state index in [4.69, 9.17) is 27.9 Å². The highest BCUT2D eigenvalue weighted by Gasteiger charge is 2.19. The van der Waals surface area contributed by atoms with Crippen LogP contribution in [-0.2, 0) is 0 Å². The fourth-order valence-corrected chi connectivity index (χ4v) is 2.22. The van der Waals surface area contributed by atoms with Crippen LogP contribution in [-0.4, -0.2) is 24.0 Å². The van der Waals surface area contributed by atoms with Crippen molar-refractivity contribution in [1.29, 1.82) is 0 Å². The van der Waals surface area contributed by atoms with Crippen LogP contribution in [0.5, 0.6) is 5.75 Å². The predicted molar refractivity (Wildman–Crippen MR) is 95.2 cm³/mol. The minimum Gasteiger partial charge on any atom is -0.479 e. The molecular formula is C17H12Cl2N2O4. The van der Waals surface area contributed by atoms with Crippen molar-refractivity contribution in [1.82, 2.24) is 5.32 Å². The van der Waals surface area contributed by atoms with Crippen molar-refractivity contribution in [3.63, 3.8) is 0 Å². The fraction of sp³-hybridized carbons (Fsp3) is 0.118. The summed E-state index contributed by atoms with van der Waals surface area (Å²) in [6, 6.07) is 10.7. The fourth-order valence-electron chi connectivity index (χ4n) is 1.86. The molecule has 2 aromatic rings. The summed E-state index contributed by atoms with van der Waals surface area (Å²) in [6.07, 6.45) is 0. The third-order valence-corrected chi connectivity index (χ3v) is 3.55. The number of nitrogens with one attached hydrogen (secondary N) is 1. The summed E-state index contributed by atoms with van der Waals surface area (Å²) in [4.78, 5) is 22.3. The predicted octanol–water partition coefficient (Wildman–Crippen LogP) is 3.71. The maximum Gasteiger partial charge on any atom is 0.282 e. The van der Waals surface area contributed by atoms with E-state index in [0.29, 0.717) is 10.8 Å². The summed E-state index contributed by atoms with van der Waals surface area (Å²) in [5, 5.41) is 14.1. The molecule has 0 spiro atoms. The molecule has 0 saturated heterocycles. The van der Waals surface area contributed by atoms with E-state index >= 15 is 0 Å². The maximum atomic E-state index is 12.0. The second kappa shape index (κ2) is 8.92. The van der Waals surface area contributed by atoms with E-state index in [2.05, 4.69) is 17.2 Å².